The Balaban J connectivity index is 2.88. The first-order chi connectivity index (χ1) is 8.58. The lowest BCUT2D eigenvalue weighted by atomic mass is 10.0. The third-order valence-corrected chi connectivity index (χ3v) is 3.24. The smallest absolute Gasteiger partial charge is 0.124 e. The molecule has 102 valence electrons. The summed E-state index contributed by atoms with van der Waals surface area (Å²) in [5.74, 6) is 1.02. The van der Waals surface area contributed by atoms with Crippen molar-refractivity contribution in [2.24, 2.45) is 0 Å². The minimum absolute atomic E-state index is 0.268. The zero-order chi connectivity index (χ0) is 13.5. The minimum atomic E-state index is 0.268. The number of ether oxygens (including phenoxy) is 1. The van der Waals surface area contributed by atoms with E-state index in [1.165, 1.54) is 11.1 Å². The largest absolute Gasteiger partial charge is 0.490 e. The molecule has 0 saturated heterocycles. The summed E-state index contributed by atoms with van der Waals surface area (Å²) in [5.41, 5.74) is 2.55. The second-order valence-corrected chi connectivity index (χ2v) is 5.05. The second kappa shape index (κ2) is 7.42. The van der Waals surface area contributed by atoms with Crippen molar-refractivity contribution in [1.82, 2.24) is 5.32 Å². The number of rotatable bonds is 7. The van der Waals surface area contributed by atoms with Crippen molar-refractivity contribution in [3.8, 4) is 5.75 Å². The van der Waals surface area contributed by atoms with Crippen molar-refractivity contribution in [3.63, 3.8) is 0 Å². The summed E-state index contributed by atoms with van der Waals surface area (Å²) in [5, 5.41) is 3.53. The molecule has 1 aromatic rings. The molecular weight excluding hydrogens is 222 g/mol. The highest BCUT2D eigenvalue weighted by atomic mass is 16.5. The SMILES string of the molecule is CCCNC(C)c1cc(C)ccc1OC(C)CC. The number of benzene rings is 1. The summed E-state index contributed by atoms with van der Waals surface area (Å²) in [6, 6.07) is 6.78. The summed E-state index contributed by atoms with van der Waals surface area (Å²) >= 11 is 0. The van der Waals surface area contributed by atoms with Crippen LogP contribution in [-0.4, -0.2) is 12.6 Å². The van der Waals surface area contributed by atoms with Gasteiger partial charge in [-0.15, -0.1) is 0 Å². The van der Waals surface area contributed by atoms with Gasteiger partial charge in [-0.3, -0.25) is 0 Å². The lowest BCUT2D eigenvalue weighted by molar-refractivity contribution is 0.213. The Bertz CT molecular complexity index is 362. The van der Waals surface area contributed by atoms with Crippen molar-refractivity contribution >= 4 is 0 Å². The van der Waals surface area contributed by atoms with Crippen molar-refractivity contribution < 1.29 is 4.74 Å². The molecule has 1 N–H and O–H groups in total. The van der Waals surface area contributed by atoms with Gasteiger partial charge in [-0.05, 0) is 46.2 Å². The molecule has 0 amide bonds. The van der Waals surface area contributed by atoms with E-state index in [1.54, 1.807) is 0 Å². The molecule has 0 aliphatic rings. The van der Waals surface area contributed by atoms with Gasteiger partial charge in [-0.1, -0.05) is 31.5 Å². The molecule has 1 aromatic carbocycles. The normalized spacial score (nSPS) is 14.3. The standard InChI is InChI=1S/C16H27NO/c1-6-10-17-14(5)15-11-12(3)8-9-16(15)18-13(4)7-2/h8-9,11,13-14,17H,6-7,10H2,1-5H3. The van der Waals surface area contributed by atoms with E-state index in [9.17, 15) is 0 Å². The number of aryl methyl sites for hydroxylation is 1. The first kappa shape index (κ1) is 15.0. The van der Waals surface area contributed by atoms with Crippen LogP contribution in [0.2, 0.25) is 0 Å². The molecule has 0 aliphatic heterocycles. The van der Waals surface area contributed by atoms with Crippen LogP contribution in [0, 0.1) is 6.92 Å². The topological polar surface area (TPSA) is 21.3 Å². The second-order valence-electron chi connectivity index (χ2n) is 5.05. The van der Waals surface area contributed by atoms with Crippen LogP contribution in [0.1, 0.15) is 57.7 Å². The molecule has 0 fully saturated rings. The van der Waals surface area contributed by atoms with Gasteiger partial charge in [0.15, 0.2) is 0 Å². The van der Waals surface area contributed by atoms with Gasteiger partial charge in [-0.25, -0.2) is 0 Å². The minimum Gasteiger partial charge on any atom is -0.490 e. The number of nitrogens with one attached hydrogen (secondary N) is 1. The molecule has 0 radical (unpaired) electrons. The Kier molecular flexibility index (Phi) is 6.20. The maximum atomic E-state index is 6.01. The highest BCUT2D eigenvalue weighted by molar-refractivity contribution is 5.39. The molecule has 2 nitrogen and oxygen atoms in total. The molecule has 1 rings (SSSR count). The van der Waals surface area contributed by atoms with Crippen molar-refractivity contribution in [1.29, 1.82) is 0 Å². The summed E-state index contributed by atoms with van der Waals surface area (Å²) in [6.45, 7) is 11.8. The third-order valence-electron chi connectivity index (χ3n) is 3.24. The van der Waals surface area contributed by atoms with Gasteiger partial charge in [0.25, 0.3) is 0 Å². The summed E-state index contributed by atoms with van der Waals surface area (Å²) in [6.07, 6.45) is 2.45. The Morgan fingerprint density at radius 1 is 1.22 bits per heavy atom. The summed E-state index contributed by atoms with van der Waals surface area (Å²) < 4.78 is 6.01. The van der Waals surface area contributed by atoms with Crippen LogP contribution < -0.4 is 10.1 Å². The van der Waals surface area contributed by atoms with Gasteiger partial charge in [0, 0.05) is 11.6 Å². The maximum absolute atomic E-state index is 6.01. The Hall–Kier alpha value is -1.02. The molecule has 2 unspecified atom stereocenters. The fourth-order valence-electron chi connectivity index (χ4n) is 1.88. The number of hydrogen-bond acceptors (Lipinski definition) is 2. The first-order valence-corrected chi connectivity index (χ1v) is 7.09. The van der Waals surface area contributed by atoms with E-state index in [1.807, 2.05) is 0 Å². The van der Waals surface area contributed by atoms with E-state index in [4.69, 9.17) is 4.74 Å². The van der Waals surface area contributed by atoms with Gasteiger partial charge in [-0.2, -0.15) is 0 Å². The molecule has 2 heteroatoms. The Labute approximate surface area is 112 Å². The van der Waals surface area contributed by atoms with E-state index >= 15 is 0 Å². The van der Waals surface area contributed by atoms with Crippen LogP contribution in [0.15, 0.2) is 18.2 Å². The highest BCUT2D eigenvalue weighted by Crippen LogP contribution is 2.27. The molecule has 2 atom stereocenters. The van der Waals surface area contributed by atoms with E-state index in [2.05, 4.69) is 58.1 Å². The maximum Gasteiger partial charge on any atom is 0.124 e. The molecular formula is C16H27NO. The molecule has 0 bridgehead atoms. The van der Waals surface area contributed by atoms with Gasteiger partial charge >= 0.3 is 0 Å². The molecule has 0 heterocycles. The zero-order valence-electron chi connectivity index (χ0n) is 12.4. The highest BCUT2D eigenvalue weighted by Gasteiger charge is 2.13. The molecule has 18 heavy (non-hydrogen) atoms. The van der Waals surface area contributed by atoms with Gasteiger partial charge in [0.2, 0.25) is 0 Å². The van der Waals surface area contributed by atoms with Crippen molar-refractivity contribution in [2.75, 3.05) is 6.54 Å². The van der Waals surface area contributed by atoms with Crippen LogP contribution in [0.25, 0.3) is 0 Å². The van der Waals surface area contributed by atoms with Crippen molar-refractivity contribution in [2.45, 2.75) is 59.6 Å². The monoisotopic (exact) mass is 249 g/mol. The van der Waals surface area contributed by atoms with E-state index in [-0.39, 0.29) is 6.10 Å². The summed E-state index contributed by atoms with van der Waals surface area (Å²) in [4.78, 5) is 0. The predicted octanol–water partition coefficient (Wildman–Crippen LogP) is 4.23. The van der Waals surface area contributed by atoms with E-state index in [0.29, 0.717) is 6.04 Å². The molecule has 0 aromatic heterocycles. The lowest BCUT2D eigenvalue weighted by Crippen LogP contribution is -2.21. The Morgan fingerprint density at radius 2 is 1.94 bits per heavy atom. The quantitative estimate of drug-likeness (QED) is 0.780. The summed E-state index contributed by atoms with van der Waals surface area (Å²) in [7, 11) is 0. The van der Waals surface area contributed by atoms with Gasteiger partial charge < -0.3 is 10.1 Å². The Morgan fingerprint density at radius 3 is 2.56 bits per heavy atom. The number of hydrogen-bond donors (Lipinski definition) is 1. The van der Waals surface area contributed by atoms with E-state index < -0.39 is 0 Å². The van der Waals surface area contributed by atoms with Crippen LogP contribution >= 0.6 is 0 Å². The fraction of sp³-hybridized carbons (Fsp3) is 0.625. The lowest BCUT2D eigenvalue weighted by Gasteiger charge is -2.21. The van der Waals surface area contributed by atoms with Crippen molar-refractivity contribution in [3.05, 3.63) is 29.3 Å². The van der Waals surface area contributed by atoms with Crippen LogP contribution in [0.4, 0.5) is 0 Å². The zero-order valence-corrected chi connectivity index (χ0v) is 12.4. The molecule has 0 spiro atoms. The average Bonchev–Trinajstić information content (AvgIpc) is 2.37. The van der Waals surface area contributed by atoms with Gasteiger partial charge in [0.1, 0.15) is 5.75 Å². The van der Waals surface area contributed by atoms with Gasteiger partial charge in [0.05, 0.1) is 6.10 Å². The van der Waals surface area contributed by atoms with Crippen LogP contribution in [0.5, 0.6) is 5.75 Å². The average molecular weight is 249 g/mol. The van der Waals surface area contributed by atoms with E-state index in [0.717, 1.165) is 25.1 Å². The third kappa shape index (κ3) is 4.34. The molecule has 0 saturated carbocycles. The first-order valence-electron chi connectivity index (χ1n) is 7.09. The van der Waals surface area contributed by atoms with Crippen LogP contribution in [0.3, 0.4) is 0 Å². The fourth-order valence-corrected chi connectivity index (χ4v) is 1.88. The predicted molar refractivity (Wildman–Crippen MR) is 78.3 cm³/mol. The molecule has 0 aliphatic carbocycles. The van der Waals surface area contributed by atoms with Crippen LogP contribution in [-0.2, 0) is 0 Å².